The summed E-state index contributed by atoms with van der Waals surface area (Å²) in [6.45, 7) is 12.2. The minimum Gasteiger partial charge on any atom is -1.00 e. The fourth-order valence-corrected chi connectivity index (χ4v) is 4.75. The number of hydrogen-bond acceptors (Lipinski definition) is 5. The van der Waals surface area contributed by atoms with E-state index >= 15 is 0 Å². The molecule has 0 aromatic carbocycles. The van der Waals surface area contributed by atoms with Gasteiger partial charge in [0.2, 0.25) is 0 Å². The lowest BCUT2D eigenvalue weighted by Gasteiger charge is -2.42. The molecule has 0 aromatic heterocycles. The molecule has 0 saturated carbocycles. The standard InChI is InChI=1S/C29H59N3O4.2BrH/c1-6-8-10-12-14-16-24-35-28(33)26-31(3,4)21-18-30-19-22-32(5,23-20-30)27-29(34)36-25-17-15-13-11-9-7-2;;/h6-27H2,1-5H3;2*1H/q+2;;/p-2. The number of nitrogens with zero attached hydrogens (tertiary/aromatic N) is 3. The molecule has 0 amide bonds. The summed E-state index contributed by atoms with van der Waals surface area (Å²) in [6, 6.07) is 0. The Labute approximate surface area is 255 Å². The normalized spacial score (nSPS) is 15.3. The number of unbranched alkanes of at least 4 members (excludes halogenated alkanes) is 10. The molecule has 9 heteroatoms. The van der Waals surface area contributed by atoms with Crippen LogP contribution < -0.4 is 34.0 Å². The molecule has 1 heterocycles. The van der Waals surface area contributed by atoms with E-state index in [-0.39, 0.29) is 45.9 Å². The van der Waals surface area contributed by atoms with Crippen molar-refractivity contribution < 1.29 is 62.0 Å². The number of carbonyl (C=O) groups is 2. The molecule has 0 unspecified atom stereocenters. The van der Waals surface area contributed by atoms with E-state index in [9.17, 15) is 9.59 Å². The van der Waals surface area contributed by atoms with Crippen LogP contribution in [0.5, 0.6) is 0 Å². The van der Waals surface area contributed by atoms with Gasteiger partial charge in [-0.3, -0.25) is 4.90 Å². The molecule has 0 aromatic rings. The lowest BCUT2D eigenvalue weighted by molar-refractivity contribution is -0.907. The van der Waals surface area contributed by atoms with Crippen LogP contribution in [0.25, 0.3) is 0 Å². The van der Waals surface area contributed by atoms with E-state index in [1.54, 1.807) is 0 Å². The fraction of sp³-hybridized carbons (Fsp3) is 0.931. The highest BCUT2D eigenvalue weighted by Crippen LogP contribution is 2.12. The van der Waals surface area contributed by atoms with Gasteiger partial charge in [-0.1, -0.05) is 78.1 Å². The van der Waals surface area contributed by atoms with Crippen molar-refractivity contribution >= 4 is 11.9 Å². The zero-order chi connectivity index (χ0) is 26.7. The summed E-state index contributed by atoms with van der Waals surface area (Å²) in [4.78, 5) is 27.1. The number of esters is 2. The molecular weight excluding hydrogens is 614 g/mol. The molecule has 1 rings (SSSR count). The van der Waals surface area contributed by atoms with Gasteiger partial charge >= 0.3 is 11.9 Å². The largest absolute Gasteiger partial charge is 1.00 e. The summed E-state index contributed by atoms with van der Waals surface area (Å²) in [7, 11) is 6.38. The predicted molar refractivity (Wildman–Crippen MR) is 148 cm³/mol. The smallest absolute Gasteiger partial charge is 0.361 e. The molecule has 1 fully saturated rings. The minimum absolute atomic E-state index is 0. The van der Waals surface area contributed by atoms with Crippen LogP contribution in [-0.2, 0) is 19.1 Å². The Balaban J connectivity index is 0. The van der Waals surface area contributed by atoms with E-state index in [1.807, 2.05) is 0 Å². The number of carbonyl (C=O) groups excluding carboxylic acids is 2. The summed E-state index contributed by atoms with van der Waals surface area (Å²) in [6.07, 6.45) is 14.4. The first kappa shape index (κ1) is 39.9. The van der Waals surface area contributed by atoms with Gasteiger partial charge in [0.1, 0.15) is 0 Å². The topological polar surface area (TPSA) is 55.8 Å². The third-order valence-electron chi connectivity index (χ3n) is 7.52. The van der Waals surface area contributed by atoms with Crippen LogP contribution in [-0.4, -0.2) is 113 Å². The van der Waals surface area contributed by atoms with Crippen molar-refractivity contribution in [1.82, 2.24) is 4.90 Å². The Kier molecular flexibility index (Phi) is 24.7. The van der Waals surface area contributed by atoms with Crippen LogP contribution in [0, 0.1) is 0 Å². The van der Waals surface area contributed by atoms with Gasteiger partial charge in [0.15, 0.2) is 13.1 Å². The van der Waals surface area contributed by atoms with Crippen molar-refractivity contribution in [2.45, 2.75) is 90.9 Å². The van der Waals surface area contributed by atoms with E-state index in [4.69, 9.17) is 9.47 Å². The van der Waals surface area contributed by atoms with E-state index in [0.717, 1.165) is 69.4 Å². The zero-order valence-electron chi connectivity index (χ0n) is 25.3. The number of piperazine rings is 1. The molecule has 0 N–H and O–H groups in total. The van der Waals surface area contributed by atoms with Crippen LogP contribution in [0.1, 0.15) is 90.9 Å². The first-order valence-electron chi connectivity index (χ1n) is 14.9. The summed E-state index contributed by atoms with van der Waals surface area (Å²) in [5, 5.41) is 0. The predicted octanol–water partition coefficient (Wildman–Crippen LogP) is -1.36. The lowest BCUT2D eigenvalue weighted by atomic mass is 10.1. The Morgan fingerprint density at radius 3 is 1.68 bits per heavy atom. The molecule has 228 valence electrons. The van der Waals surface area contributed by atoms with Crippen LogP contribution in [0.2, 0.25) is 0 Å². The van der Waals surface area contributed by atoms with Crippen molar-refractivity contribution in [1.29, 1.82) is 0 Å². The molecule has 0 aliphatic carbocycles. The number of halogens is 2. The second-order valence-corrected chi connectivity index (χ2v) is 11.9. The third kappa shape index (κ3) is 20.7. The van der Waals surface area contributed by atoms with Crippen molar-refractivity contribution in [3.63, 3.8) is 0 Å². The average molecular weight is 674 g/mol. The maximum Gasteiger partial charge on any atom is 0.361 e. The zero-order valence-corrected chi connectivity index (χ0v) is 28.5. The molecule has 1 aliphatic heterocycles. The van der Waals surface area contributed by atoms with Gasteiger partial charge < -0.3 is 52.4 Å². The lowest BCUT2D eigenvalue weighted by Crippen LogP contribution is -3.00. The second-order valence-electron chi connectivity index (χ2n) is 11.9. The number of quaternary nitrogens is 2. The monoisotopic (exact) mass is 671 g/mol. The molecule has 7 nitrogen and oxygen atoms in total. The summed E-state index contributed by atoms with van der Waals surface area (Å²) in [5.41, 5.74) is 0. The molecule has 0 spiro atoms. The van der Waals surface area contributed by atoms with E-state index in [0.29, 0.717) is 30.8 Å². The van der Waals surface area contributed by atoms with Crippen LogP contribution in [0.3, 0.4) is 0 Å². The Morgan fingerprint density at radius 2 is 1.18 bits per heavy atom. The molecular formula is C29H59Br2N3O4. The van der Waals surface area contributed by atoms with Gasteiger partial charge in [-0.2, -0.15) is 0 Å². The van der Waals surface area contributed by atoms with Gasteiger partial charge in [0.05, 0.1) is 54.0 Å². The second kappa shape index (κ2) is 23.5. The Morgan fingerprint density at radius 1 is 0.737 bits per heavy atom. The van der Waals surface area contributed by atoms with Gasteiger partial charge in [-0.05, 0) is 12.8 Å². The summed E-state index contributed by atoms with van der Waals surface area (Å²) >= 11 is 0. The molecule has 38 heavy (non-hydrogen) atoms. The highest BCUT2D eigenvalue weighted by Gasteiger charge is 2.32. The van der Waals surface area contributed by atoms with Crippen LogP contribution >= 0.6 is 0 Å². The van der Waals surface area contributed by atoms with E-state index in [2.05, 4.69) is 39.9 Å². The number of hydrogen-bond donors (Lipinski definition) is 0. The van der Waals surface area contributed by atoms with Gasteiger partial charge in [-0.15, -0.1) is 0 Å². The molecule has 1 saturated heterocycles. The van der Waals surface area contributed by atoms with Gasteiger partial charge in [-0.25, -0.2) is 9.59 Å². The first-order valence-corrected chi connectivity index (χ1v) is 14.9. The fourth-order valence-electron chi connectivity index (χ4n) is 4.75. The van der Waals surface area contributed by atoms with Gasteiger partial charge in [0.25, 0.3) is 0 Å². The maximum absolute atomic E-state index is 12.3. The highest BCUT2D eigenvalue weighted by atomic mass is 79.9. The Bertz CT molecular complexity index is 600. The van der Waals surface area contributed by atoms with Crippen LogP contribution in [0.4, 0.5) is 0 Å². The van der Waals surface area contributed by atoms with Crippen molar-refractivity contribution in [3.8, 4) is 0 Å². The van der Waals surface area contributed by atoms with Crippen molar-refractivity contribution in [2.24, 2.45) is 0 Å². The maximum atomic E-state index is 12.3. The summed E-state index contributed by atoms with van der Waals surface area (Å²) in [5.74, 6) is -0.146. The van der Waals surface area contributed by atoms with Crippen molar-refractivity contribution in [2.75, 3.05) is 86.7 Å². The quantitative estimate of drug-likeness (QED) is 0.0858. The van der Waals surface area contributed by atoms with Crippen LogP contribution in [0.15, 0.2) is 0 Å². The minimum atomic E-state index is -0.0871. The first-order chi connectivity index (χ1) is 17.2. The third-order valence-corrected chi connectivity index (χ3v) is 7.52. The highest BCUT2D eigenvalue weighted by molar-refractivity contribution is 5.70. The van der Waals surface area contributed by atoms with E-state index < -0.39 is 0 Å². The average Bonchev–Trinajstić information content (AvgIpc) is 2.82. The van der Waals surface area contributed by atoms with E-state index in [1.165, 1.54) is 51.4 Å². The SMILES string of the molecule is CCCCCCCCOC(=O)C[N+](C)(C)CCN1CC[N+](C)(CC(=O)OCCCCCCCC)CC1.[Br-].[Br-]. The Hall–Kier alpha value is -0.220. The molecule has 0 bridgehead atoms. The number of rotatable bonds is 21. The molecule has 1 aliphatic rings. The molecule has 0 radical (unpaired) electrons. The summed E-state index contributed by atoms with van der Waals surface area (Å²) < 4.78 is 12.4. The number of likely N-dealkylation sites (N-methyl/N-ethyl adjacent to an activating group) is 2. The van der Waals surface area contributed by atoms with Gasteiger partial charge in [0, 0.05) is 19.6 Å². The number of ether oxygens (including phenoxy) is 2. The van der Waals surface area contributed by atoms with Crippen molar-refractivity contribution in [3.05, 3.63) is 0 Å². The molecule has 0 atom stereocenters.